The van der Waals surface area contributed by atoms with Crippen LogP contribution in [0.1, 0.15) is 11.7 Å². The minimum atomic E-state index is -0.959. The molecular formula is C6H9NO3S. The number of aromatic nitrogens is 1. The van der Waals surface area contributed by atoms with Crippen molar-refractivity contribution in [3.05, 3.63) is 18.0 Å². The van der Waals surface area contributed by atoms with Crippen LogP contribution in [0, 0.1) is 0 Å². The first-order valence-corrected chi connectivity index (χ1v) is 3.75. The normalized spacial score (nSPS) is 16.3. The van der Waals surface area contributed by atoms with E-state index in [0.717, 1.165) is 0 Å². The summed E-state index contributed by atoms with van der Waals surface area (Å²) >= 11 is 3.82. The van der Waals surface area contributed by atoms with Crippen molar-refractivity contribution < 1.29 is 14.7 Å². The minimum absolute atomic E-state index is 0.201. The highest BCUT2D eigenvalue weighted by Gasteiger charge is 2.17. The fraction of sp³-hybridized carbons (Fsp3) is 0.500. The smallest absolute Gasteiger partial charge is 0.129 e. The topological polar surface area (TPSA) is 66.5 Å². The molecule has 0 fully saturated rings. The van der Waals surface area contributed by atoms with E-state index >= 15 is 0 Å². The average molecular weight is 175 g/mol. The van der Waals surface area contributed by atoms with Gasteiger partial charge < -0.3 is 14.7 Å². The van der Waals surface area contributed by atoms with Crippen LogP contribution < -0.4 is 0 Å². The molecule has 2 atom stereocenters. The van der Waals surface area contributed by atoms with Crippen molar-refractivity contribution in [3.63, 3.8) is 0 Å². The molecule has 1 aromatic heterocycles. The molecule has 1 rings (SSSR count). The van der Waals surface area contributed by atoms with Crippen LogP contribution in [0.2, 0.25) is 0 Å². The third kappa shape index (κ3) is 1.95. The van der Waals surface area contributed by atoms with E-state index in [1.165, 1.54) is 12.5 Å². The zero-order chi connectivity index (χ0) is 8.27. The van der Waals surface area contributed by atoms with E-state index in [9.17, 15) is 5.11 Å². The number of hydrogen-bond donors (Lipinski definition) is 3. The number of thiol groups is 1. The molecule has 0 radical (unpaired) electrons. The van der Waals surface area contributed by atoms with Crippen molar-refractivity contribution in [2.24, 2.45) is 0 Å². The van der Waals surface area contributed by atoms with E-state index in [1.54, 1.807) is 0 Å². The predicted molar refractivity (Wildman–Crippen MR) is 41.3 cm³/mol. The molecule has 62 valence electrons. The van der Waals surface area contributed by atoms with E-state index in [2.05, 4.69) is 22.3 Å². The Morgan fingerprint density at radius 2 is 2.36 bits per heavy atom. The monoisotopic (exact) mass is 175 g/mol. The first-order valence-electron chi connectivity index (χ1n) is 3.12. The molecule has 0 aliphatic rings. The summed E-state index contributed by atoms with van der Waals surface area (Å²) < 4.78 is 4.48. The Hall–Kier alpha value is -0.520. The molecule has 0 saturated carbocycles. The Labute approximate surface area is 69.2 Å². The number of hydrogen-bond acceptors (Lipinski definition) is 5. The van der Waals surface area contributed by atoms with Crippen LogP contribution >= 0.6 is 12.6 Å². The lowest BCUT2D eigenvalue weighted by atomic mass is 10.1. The number of rotatable bonds is 3. The third-order valence-corrected chi connectivity index (χ3v) is 1.72. The van der Waals surface area contributed by atoms with Crippen molar-refractivity contribution in [3.8, 4) is 0 Å². The molecule has 2 N–H and O–H groups in total. The molecule has 0 amide bonds. The van der Waals surface area contributed by atoms with Gasteiger partial charge in [-0.3, -0.25) is 0 Å². The van der Waals surface area contributed by atoms with Gasteiger partial charge in [0.05, 0.1) is 12.3 Å². The van der Waals surface area contributed by atoms with Crippen molar-refractivity contribution in [1.29, 1.82) is 0 Å². The quantitative estimate of drug-likeness (QED) is 0.566. The second-order valence-corrected chi connectivity index (χ2v) is 2.52. The van der Waals surface area contributed by atoms with Gasteiger partial charge in [0.25, 0.3) is 0 Å². The van der Waals surface area contributed by atoms with Crippen molar-refractivity contribution in [2.45, 2.75) is 12.2 Å². The van der Waals surface area contributed by atoms with Gasteiger partial charge in [0.15, 0.2) is 0 Å². The first-order chi connectivity index (χ1) is 5.25. The molecule has 2 unspecified atom stereocenters. The first kappa shape index (κ1) is 8.58. The van der Waals surface area contributed by atoms with Crippen molar-refractivity contribution in [2.75, 3.05) is 5.75 Å². The van der Waals surface area contributed by atoms with Gasteiger partial charge in [-0.1, -0.05) is 5.16 Å². The van der Waals surface area contributed by atoms with E-state index in [1.807, 2.05) is 0 Å². The predicted octanol–water partition coefficient (Wildman–Crippen LogP) is -0.00130. The van der Waals surface area contributed by atoms with Crippen molar-refractivity contribution >= 4 is 12.6 Å². The van der Waals surface area contributed by atoms with E-state index in [4.69, 9.17) is 5.11 Å². The van der Waals surface area contributed by atoms with Crippen LogP contribution in [0.25, 0.3) is 0 Å². The molecule has 5 heteroatoms. The van der Waals surface area contributed by atoms with Crippen LogP contribution in [0.15, 0.2) is 17.0 Å². The highest BCUT2D eigenvalue weighted by molar-refractivity contribution is 7.80. The van der Waals surface area contributed by atoms with E-state index in [0.29, 0.717) is 5.56 Å². The van der Waals surface area contributed by atoms with Gasteiger partial charge in [-0.05, 0) is 0 Å². The van der Waals surface area contributed by atoms with Gasteiger partial charge in [-0.15, -0.1) is 0 Å². The van der Waals surface area contributed by atoms with Gasteiger partial charge in [0.2, 0.25) is 0 Å². The Kier molecular flexibility index (Phi) is 2.92. The van der Waals surface area contributed by atoms with Gasteiger partial charge in [-0.25, -0.2) is 0 Å². The highest BCUT2D eigenvalue weighted by Crippen LogP contribution is 2.16. The Bertz CT molecular complexity index is 202. The molecule has 0 spiro atoms. The number of nitrogens with zero attached hydrogens (tertiary/aromatic N) is 1. The molecule has 4 nitrogen and oxygen atoms in total. The molecule has 0 aliphatic carbocycles. The maximum Gasteiger partial charge on any atom is 0.129 e. The maximum atomic E-state index is 9.28. The fourth-order valence-corrected chi connectivity index (χ4v) is 0.881. The maximum absolute atomic E-state index is 9.28. The van der Waals surface area contributed by atoms with E-state index < -0.39 is 12.2 Å². The summed E-state index contributed by atoms with van der Waals surface area (Å²) in [5, 5.41) is 21.8. The van der Waals surface area contributed by atoms with Crippen LogP contribution in [0.5, 0.6) is 0 Å². The average Bonchev–Trinajstić information content (AvgIpc) is 2.53. The molecular weight excluding hydrogens is 166 g/mol. The second-order valence-electron chi connectivity index (χ2n) is 2.15. The van der Waals surface area contributed by atoms with Crippen LogP contribution in [0.3, 0.4) is 0 Å². The lowest BCUT2D eigenvalue weighted by Crippen LogP contribution is -2.19. The summed E-state index contributed by atoms with van der Waals surface area (Å²) in [6.45, 7) is 0. The summed E-state index contributed by atoms with van der Waals surface area (Å²) in [5.74, 6) is 0.201. The molecule has 1 heterocycles. The molecule has 0 bridgehead atoms. The van der Waals surface area contributed by atoms with Crippen molar-refractivity contribution in [1.82, 2.24) is 5.16 Å². The van der Waals surface area contributed by atoms with Gasteiger partial charge in [0, 0.05) is 11.3 Å². The third-order valence-electron chi connectivity index (χ3n) is 1.34. The molecule has 1 aromatic rings. The minimum Gasteiger partial charge on any atom is -0.389 e. The number of aliphatic hydroxyl groups excluding tert-OH is 2. The molecule has 0 aliphatic heterocycles. The Balaban J connectivity index is 2.62. The zero-order valence-electron chi connectivity index (χ0n) is 5.71. The second kappa shape index (κ2) is 3.75. The summed E-state index contributed by atoms with van der Waals surface area (Å²) in [6.07, 6.45) is 0.811. The van der Waals surface area contributed by atoms with Gasteiger partial charge in [0.1, 0.15) is 12.4 Å². The fourth-order valence-electron chi connectivity index (χ4n) is 0.681. The van der Waals surface area contributed by atoms with Gasteiger partial charge in [-0.2, -0.15) is 12.6 Å². The Morgan fingerprint density at radius 1 is 1.64 bits per heavy atom. The summed E-state index contributed by atoms with van der Waals surface area (Å²) in [5.41, 5.74) is 0.464. The van der Waals surface area contributed by atoms with E-state index in [-0.39, 0.29) is 5.75 Å². The Morgan fingerprint density at radius 3 is 2.82 bits per heavy atom. The zero-order valence-corrected chi connectivity index (χ0v) is 6.61. The van der Waals surface area contributed by atoms with Crippen LogP contribution in [0.4, 0.5) is 0 Å². The summed E-state index contributed by atoms with van der Waals surface area (Å²) in [7, 11) is 0. The lowest BCUT2D eigenvalue weighted by Gasteiger charge is -2.12. The molecule has 0 saturated heterocycles. The number of aliphatic hydroxyl groups is 2. The van der Waals surface area contributed by atoms with Crippen LogP contribution in [-0.2, 0) is 0 Å². The molecule has 0 aromatic carbocycles. The standard InChI is InChI=1S/C6H9NO3S/c8-5(3-11)6(9)4-1-7-10-2-4/h1-2,5-6,8-9,11H,3H2. The van der Waals surface area contributed by atoms with Gasteiger partial charge >= 0.3 is 0 Å². The van der Waals surface area contributed by atoms with Crippen LogP contribution in [-0.4, -0.2) is 27.2 Å². The highest BCUT2D eigenvalue weighted by atomic mass is 32.1. The lowest BCUT2D eigenvalue weighted by molar-refractivity contribution is 0.0334. The summed E-state index contributed by atoms with van der Waals surface area (Å²) in [4.78, 5) is 0. The molecule has 11 heavy (non-hydrogen) atoms. The SMILES string of the molecule is OC(CS)C(O)c1cnoc1. The largest absolute Gasteiger partial charge is 0.389 e. The summed E-state index contributed by atoms with van der Waals surface area (Å²) in [6, 6.07) is 0.